The number of nitrogen functional groups attached to an aromatic ring is 1. The predicted molar refractivity (Wildman–Crippen MR) is 87.5 cm³/mol. The van der Waals surface area contributed by atoms with Gasteiger partial charge in [0.15, 0.2) is 5.65 Å². The van der Waals surface area contributed by atoms with Crippen LogP contribution < -0.4 is 5.73 Å². The van der Waals surface area contributed by atoms with E-state index in [-0.39, 0.29) is 0 Å². The van der Waals surface area contributed by atoms with E-state index in [0.29, 0.717) is 21.7 Å². The Kier molecular flexibility index (Phi) is 3.30. The lowest BCUT2D eigenvalue weighted by molar-refractivity contribution is 0.996. The summed E-state index contributed by atoms with van der Waals surface area (Å²) in [6.45, 7) is 5.84. The van der Waals surface area contributed by atoms with Gasteiger partial charge in [0.1, 0.15) is 11.6 Å². The summed E-state index contributed by atoms with van der Waals surface area (Å²) in [5, 5.41) is 2.03. The lowest BCUT2D eigenvalue weighted by atomic mass is 10.2. The molecule has 0 unspecified atom stereocenters. The first-order chi connectivity index (χ1) is 9.90. The van der Waals surface area contributed by atoms with E-state index in [1.165, 1.54) is 0 Å². The second kappa shape index (κ2) is 4.90. The molecule has 3 rings (SSSR count). The van der Waals surface area contributed by atoms with E-state index in [2.05, 4.69) is 9.97 Å². The van der Waals surface area contributed by atoms with Crippen molar-refractivity contribution in [1.82, 2.24) is 14.5 Å². The van der Waals surface area contributed by atoms with Crippen molar-refractivity contribution in [2.75, 3.05) is 5.73 Å². The highest BCUT2D eigenvalue weighted by atomic mass is 35.5. The number of aryl methyl sites for hydroxylation is 2. The molecule has 0 radical (unpaired) electrons. The van der Waals surface area contributed by atoms with Gasteiger partial charge in [-0.3, -0.25) is 4.57 Å². The Morgan fingerprint density at radius 2 is 1.81 bits per heavy atom. The standard InChI is InChI=1S/C15H14Cl2N4/c1-7-8(2)21(12-5-4-10(16)6-11(12)17)15-13(7)14(18)19-9(3)20-15/h4-6H,1-3H3,(H2,18,19,20). The molecule has 3 aromatic rings. The minimum atomic E-state index is 0.488. The van der Waals surface area contributed by atoms with Crippen LogP contribution in [0.5, 0.6) is 0 Å². The summed E-state index contributed by atoms with van der Waals surface area (Å²) in [6, 6.07) is 5.40. The topological polar surface area (TPSA) is 56.7 Å². The fourth-order valence-corrected chi connectivity index (χ4v) is 3.06. The minimum absolute atomic E-state index is 0.488. The van der Waals surface area contributed by atoms with Crippen LogP contribution in [-0.2, 0) is 0 Å². The highest BCUT2D eigenvalue weighted by molar-refractivity contribution is 6.35. The molecule has 1 aromatic carbocycles. The maximum absolute atomic E-state index is 6.35. The largest absolute Gasteiger partial charge is 0.383 e. The van der Waals surface area contributed by atoms with E-state index < -0.39 is 0 Å². The zero-order valence-electron chi connectivity index (χ0n) is 11.9. The lowest BCUT2D eigenvalue weighted by Crippen LogP contribution is -2.02. The number of rotatable bonds is 1. The Labute approximate surface area is 132 Å². The molecule has 21 heavy (non-hydrogen) atoms. The van der Waals surface area contributed by atoms with Gasteiger partial charge in [-0.1, -0.05) is 23.2 Å². The van der Waals surface area contributed by atoms with Gasteiger partial charge in [0.2, 0.25) is 0 Å². The molecule has 0 fully saturated rings. The Morgan fingerprint density at radius 3 is 2.48 bits per heavy atom. The molecule has 0 saturated heterocycles. The molecule has 0 spiro atoms. The average molecular weight is 321 g/mol. The van der Waals surface area contributed by atoms with Crippen LogP contribution in [0.3, 0.4) is 0 Å². The van der Waals surface area contributed by atoms with Crippen LogP contribution in [0.15, 0.2) is 18.2 Å². The van der Waals surface area contributed by atoms with Crippen molar-refractivity contribution in [3.8, 4) is 5.69 Å². The SMILES string of the molecule is Cc1nc(N)c2c(C)c(C)n(-c3ccc(Cl)cc3Cl)c2n1. The third-order valence-electron chi connectivity index (χ3n) is 3.65. The summed E-state index contributed by atoms with van der Waals surface area (Å²) in [5.74, 6) is 1.12. The molecule has 2 N–H and O–H groups in total. The predicted octanol–water partition coefficient (Wildman–Crippen LogP) is 4.23. The van der Waals surface area contributed by atoms with Gasteiger partial charge < -0.3 is 5.73 Å². The van der Waals surface area contributed by atoms with E-state index in [1.54, 1.807) is 12.1 Å². The first-order valence-electron chi connectivity index (χ1n) is 6.47. The monoisotopic (exact) mass is 320 g/mol. The number of aromatic nitrogens is 3. The summed E-state index contributed by atoms with van der Waals surface area (Å²) in [5.41, 5.74) is 9.73. The number of anilines is 1. The van der Waals surface area contributed by atoms with Crippen LogP contribution in [0, 0.1) is 20.8 Å². The molecule has 0 aliphatic rings. The van der Waals surface area contributed by atoms with Gasteiger partial charge in [-0.05, 0) is 44.5 Å². The minimum Gasteiger partial charge on any atom is -0.383 e. The summed E-state index contributed by atoms with van der Waals surface area (Å²) in [6.07, 6.45) is 0. The van der Waals surface area contributed by atoms with Gasteiger partial charge in [-0.15, -0.1) is 0 Å². The highest BCUT2D eigenvalue weighted by Gasteiger charge is 2.18. The maximum Gasteiger partial charge on any atom is 0.150 e. The fraction of sp³-hybridized carbons (Fsp3) is 0.200. The van der Waals surface area contributed by atoms with Crippen molar-refractivity contribution in [2.24, 2.45) is 0 Å². The maximum atomic E-state index is 6.35. The molecular formula is C15H14Cl2N4. The normalized spacial score (nSPS) is 11.3. The molecule has 0 saturated carbocycles. The van der Waals surface area contributed by atoms with Crippen molar-refractivity contribution in [3.05, 3.63) is 45.3 Å². The van der Waals surface area contributed by atoms with Crippen LogP contribution in [0.25, 0.3) is 16.7 Å². The summed E-state index contributed by atoms with van der Waals surface area (Å²) < 4.78 is 1.99. The van der Waals surface area contributed by atoms with Crippen LogP contribution in [-0.4, -0.2) is 14.5 Å². The van der Waals surface area contributed by atoms with Crippen LogP contribution in [0.4, 0.5) is 5.82 Å². The number of hydrogen-bond acceptors (Lipinski definition) is 3. The molecule has 108 valence electrons. The number of nitrogens with zero attached hydrogens (tertiary/aromatic N) is 3. The second-order valence-electron chi connectivity index (χ2n) is 5.00. The van der Waals surface area contributed by atoms with Gasteiger partial charge in [0.25, 0.3) is 0 Å². The van der Waals surface area contributed by atoms with E-state index in [9.17, 15) is 0 Å². The Bertz CT molecular complexity index is 868. The molecule has 0 atom stereocenters. The average Bonchev–Trinajstić information content (AvgIpc) is 2.63. The fourth-order valence-electron chi connectivity index (χ4n) is 2.57. The zero-order valence-corrected chi connectivity index (χ0v) is 13.4. The van der Waals surface area contributed by atoms with Crippen molar-refractivity contribution in [1.29, 1.82) is 0 Å². The van der Waals surface area contributed by atoms with Gasteiger partial charge >= 0.3 is 0 Å². The molecule has 2 heterocycles. The van der Waals surface area contributed by atoms with Gasteiger partial charge in [-0.2, -0.15) is 0 Å². The van der Waals surface area contributed by atoms with Crippen LogP contribution in [0.1, 0.15) is 17.1 Å². The molecule has 0 aliphatic carbocycles. The van der Waals surface area contributed by atoms with E-state index in [0.717, 1.165) is 28.0 Å². The van der Waals surface area contributed by atoms with Crippen LogP contribution in [0.2, 0.25) is 10.0 Å². The number of benzene rings is 1. The summed E-state index contributed by atoms with van der Waals surface area (Å²) >= 11 is 12.3. The third-order valence-corrected chi connectivity index (χ3v) is 4.18. The quantitative estimate of drug-likeness (QED) is 0.729. The summed E-state index contributed by atoms with van der Waals surface area (Å²) in [4.78, 5) is 8.78. The number of hydrogen-bond donors (Lipinski definition) is 1. The Balaban J connectivity index is 2.45. The second-order valence-corrected chi connectivity index (χ2v) is 5.84. The van der Waals surface area contributed by atoms with Crippen molar-refractivity contribution >= 4 is 40.1 Å². The van der Waals surface area contributed by atoms with E-state index in [1.807, 2.05) is 31.4 Å². The van der Waals surface area contributed by atoms with E-state index >= 15 is 0 Å². The first-order valence-corrected chi connectivity index (χ1v) is 7.23. The lowest BCUT2D eigenvalue weighted by Gasteiger charge is -2.10. The number of nitrogens with two attached hydrogens (primary N) is 1. The van der Waals surface area contributed by atoms with E-state index in [4.69, 9.17) is 28.9 Å². The molecule has 2 aromatic heterocycles. The Hall–Kier alpha value is -1.78. The van der Waals surface area contributed by atoms with Crippen LogP contribution >= 0.6 is 23.2 Å². The highest BCUT2D eigenvalue weighted by Crippen LogP contribution is 2.33. The van der Waals surface area contributed by atoms with Gasteiger partial charge in [0.05, 0.1) is 16.1 Å². The first kappa shape index (κ1) is 14.2. The van der Waals surface area contributed by atoms with Gasteiger partial charge in [0, 0.05) is 10.7 Å². The third kappa shape index (κ3) is 2.15. The molecule has 0 amide bonds. The number of fused-ring (bicyclic) bond motifs is 1. The van der Waals surface area contributed by atoms with Crippen molar-refractivity contribution in [3.63, 3.8) is 0 Å². The Morgan fingerprint density at radius 1 is 1.10 bits per heavy atom. The molecular weight excluding hydrogens is 307 g/mol. The molecule has 6 heteroatoms. The summed E-state index contributed by atoms with van der Waals surface area (Å²) in [7, 11) is 0. The molecule has 0 bridgehead atoms. The van der Waals surface area contributed by atoms with Gasteiger partial charge in [-0.25, -0.2) is 9.97 Å². The number of halogens is 2. The smallest absolute Gasteiger partial charge is 0.150 e. The molecule has 4 nitrogen and oxygen atoms in total. The van der Waals surface area contributed by atoms with Crippen molar-refractivity contribution in [2.45, 2.75) is 20.8 Å². The van der Waals surface area contributed by atoms with Crippen molar-refractivity contribution < 1.29 is 0 Å². The molecule has 0 aliphatic heterocycles. The zero-order chi connectivity index (χ0) is 15.3.